The van der Waals surface area contributed by atoms with Gasteiger partial charge in [-0.05, 0) is 60.6 Å². The molecular formula is C25H23N3O4. The summed E-state index contributed by atoms with van der Waals surface area (Å²) in [5.41, 5.74) is 9.36. The van der Waals surface area contributed by atoms with E-state index in [4.69, 9.17) is 10.8 Å². The molecule has 2 atom stereocenters. The van der Waals surface area contributed by atoms with E-state index in [1.165, 1.54) is 0 Å². The maximum atomic E-state index is 12.8. The number of hydrogen-bond acceptors (Lipinski definition) is 5. The van der Waals surface area contributed by atoms with Gasteiger partial charge in [0.05, 0.1) is 11.9 Å². The van der Waals surface area contributed by atoms with E-state index in [0.717, 1.165) is 22.5 Å². The van der Waals surface area contributed by atoms with Gasteiger partial charge >= 0.3 is 5.97 Å². The number of hydrogen-bond donors (Lipinski definition) is 2. The number of aromatic nitrogens is 1. The smallest absolute Gasteiger partial charge is 0.377 e. The van der Waals surface area contributed by atoms with Crippen LogP contribution in [0.4, 0.5) is 11.4 Å². The van der Waals surface area contributed by atoms with Crippen molar-refractivity contribution in [2.45, 2.75) is 25.3 Å². The van der Waals surface area contributed by atoms with E-state index in [-0.39, 0.29) is 11.5 Å². The minimum Gasteiger partial charge on any atom is -0.475 e. The van der Waals surface area contributed by atoms with Gasteiger partial charge in [-0.1, -0.05) is 36.4 Å². The van der Waals surface area contributed by atoms with Gasteiger partial charge in [-0.25, -0.2) is 4.79 Å². The van der Waals surface area contributed by atoms with Crippen LogP contribution >= 0.6 is 0 Å². The number of carboxylic acid groups (broad SMARTS) is 1. The number of nitrogens with two attached hydrogens (primary N) is 1. The zero-order valence-electron chi connectivity index (χ0n) is 17.3. The third-order valence-corrected chi connectivity index (χ3v) is 5.93. The molecule has 32 heavy (non-hydrogen) atoms. The Morgan fingerprint density at radius 1 is 1.00 bits per heavy atom. The monoisotopic (exact) mass is 429 g/mol. The first-order valence-electron chi connectivity index (χ1n) is 10.4. The Morgan fingerprint density at radius 2 is 1.75 bits per heavy atom. The molecule has 0 bridgehead atoms. The van der Waals surface area contributed by atoms with E-state index < -0.39 is 23.7 Å². The van der Waals surface area contributed by atoms with Crippen molar-refractivity contribution >= 4 is 29.0 Å². The Kier molecular flexibility index (Phi) is 5.98. The Hall–Kier alpha value is -4.00. The minimum atomic E-state index is -1.47. The molecule has 0 saturated carbocycles. The first kappa shape index (κ1) is 21.2. The highest BCUT2D eigenvalue weighted by Gasteiger charge is 2.37. The zero-order chi connectivity index (χ0) is 22.7. The molecule has 0 fully saturated rings. The number of carboxylic acids is 1. The second-order valence-corrected chi connectivity index (χ2v) is 7.84. The van der Waals surface area contributed by atoms with Crippen molar-refractivity contribution in [1.82, 2.24) is 4.98 Å². The van der Waals surface area contributed by atoms with Crippen LogP contribution in [-0.2, 0) is 22.4 Å². The van der Waals surface area contributed by atoms with E-state index in [0.29, 0.717) is 19.3 Å². The summed E-state index contributed by atoms with van der Waals surface area (Å²) < 4.78 is 0. The lowest BCUT2D eigenvalue weighted by Gasteiger charge is -2.39. The molecule has 2 unspecified atom stereocenters. The molecule has 0 radical (unpaired) electrons. The van der Waals surface area contributed by atoms with E-state index in [9.17, 15) is 14.4 Å². The number of aliphatic carboxylic acids is 1. The second-order valence-electron chi connectivity index (χ2n) is 7.84. The Morgan fingerprint density at radius 3 is 2.41 bits per heavy atom. The van der Waals surface area contributed by atoms with Crippen molar-refractivity contribution in [1.29, 1.82) is 0 Å². The molecule has 0 spiro atoms. The molecule has 4 rings (SSSR count). The summed E-state index contributed by atoms with van der Waals surface area (Å²) in [5.74, 6) is -2.96. The molecule has 0 saturated heterocycles. The highest BCUT2D eigenvalue weighted by molar-refractivity contribution is 6.40. The first-order chi connectivity index (χ1) is 15.5. The molecule has 1 aliphatic rings. The lowest BCUT2D eigenvalue weighted by atomic mass is 9.77. The van der Waals surface area contributed by atoms with Gasteiger partial charge in [-0.2, -0.15) is 0 Å². The summed E-state index contributed by atoms with van der Waals surface area (Å²) in [5, 5.41) is 9.15. The molecule has 0 aliphatic heterocycles. The number of carbonyl (C=O) groups excluding carboxylic acids is 2. The van der Waals surface area contributed by atoms with Gasteiger partial charge in [0.1, 0.15) is 6.04 Å². The summed E-state index contributed by atoms with van der Waals surface area (Å²) in [6, 6.07) is 17.7. The number of benzene rings is 2. The van der Waals surface area contributed by atoms with Crippen molar-refractivity contribution in [3.8, 4) is 0 Å². The Bertz CT molecular complexity index is 1110. The molecule has 7 nitrogen and oxygen atoms in total. The SMILES string of the molecule is NC(=O)C(C1CCc2c(cccc2C(=O)C(=O)O)C1)N(c1ccccc1)c1cccnc1. The van der Waals surface area contributed by atoms with E-state index in [2.05, 4.69) is 4.98 Å². The number of primary amides is 1. The van der Waals surface area contributed by atoms with Crippen LogP contribution in [0.15, 0.2) is 73.1 Å². The fourth-order valence-electron chi connectivity index (χ4n) is 4.56. The van der Waals surface area contributed by atoms with Gasteiger partial charge in [-0.15, -0.1) is 0 Å². The van der Waals surface area contributed by atoms with E-state index in [1.807, 2.05) is 53.4 Å². The van der Waals surface area contributed by atoms with Crippen molar-refractivity contribution in [3.63, 3.8) is 0 Å². The van der Waals surface area contributed by atoms with Crippen LogP contribution in [0.5, 0.6) is 0 Å². The lowest BCUT2D eigenvalue weighted by Crippen LogP contribution is -2.49. The maximum absolute atomic E-state index is 12.8. The summed E-state index contributed by atoms with van der Waals surface area (Å²) in [6.45, 7) is 0. The van der Waals surface area contributed by atoms with Crippen LogP contribution in [0.25, 0.3) is 0 Å². The summed E-state index contributed by atoms with van der Waals surface area (Å²) in [7, 11) is 0. The van der Waals surface area contributed by atoms with Gasteiger partial charge in [0.25, 0.3) is 5.78 Å². The number of carbonyl (C=O) groups is 3. The standard InChI is InChI=1S/C25H23N3O4/c26-24(30)22(28(18-7-2-1-3-8-18)19-9-5-13-27-15-19)17-11-12-20-16(14-17)6-4-10-21(20)23(29)25(31)32/h1-10,13,15,17,22H,11-12,14H2,(H2,26,30)(H,31,32). The molecule has 162 valence electrons. The number of amides is 1. The lowest BCUT2D eigenvalue weighted by molar-refractivity contribution is -0.131. The van der Waals surface area contributed by atoms with Crippen LogP contribution in [-0.4, -0.2) is 33.8 Å². The number of ketones is 1. The number of para-hydroxylation sites is 1. The Balaban J connectivity index is 1.74. The van der Waals surface area contributed by atoms with Crippen LogP contribution in [0.2, 0.25) is 0 Å². The molecule has 3 N–H and O–H groups in total. The second kappa shape index (κ2) is 9.01. The van der Waals surface area contributed by atoms with Crippen LogP contribution in [0.3, 0.4) is 0 Å². The van der Waals surface area contributed by atoms with Crippen molar-refractivity contribution in [2.24, 2.45) is 11.7 Å². The fourth-order valence-corrected chi connectivity index (χ4v) is 4.56. The van der Waals surface area contributed by atoms with Gasteiger partial charge in [0.2, 0.25) is 5.91 Å². The number of nitrogens with zero attached hydrogens (tertiary/aromatic N) is 2. The summed E-state index contributed by atoms with van der Waals surface area (Å²) >= 11 is 0. The van der Waals surface area contributed by atoms with Crippen molar-refractivity contribution in [3.05, 3.63) is 89.7 Å². The Labute approximate surface area is 185 Å². The topological polar surface area (TPSA) is 114 Å². The van der Waals surface area contributed by atoms with Crippen LogP contribution in [0.1, 0.15) is 27.9 Å². The number of rotatable bonds is 7. The van der Waals surface area contributed by atoms with Gasteiger partial charge in [-0.3, -0.25) is 14.6 Å². The normalized spacial score (nSPS) is 15.9. The van der Waals surface area contributed by atoms with Crippen LogP contribution in [0, 0.1) is 5.92 Å². The minimum absolute atomic E-state index is 0.129. The summed E-state index contributed by atoms with van der Waals surface area (Å²) in [4.78, 5) is 42.3. The van der Waals surface area contributed by atoms with Gasteiger partial charge in [0, 0.05) is 17.4 Å². The largest absolute Gasteiger partial charge is 0.475 e. The van der Waals surface area contributed by atoms with Crippen LogP contribution < -0.4 is 10.6 Å². The van der Waals surface area contributed by atoms with E-state index in [1.54, 1.807) is 24.5 Å². The molecule has 1 aromatic heterocycles. The number of Topliss-reactive ketones (excluding diaryl/α,β-unsaturated/α-hetero) is 1. The van der Waals surface area contributed by atoms with Gasteiger partial charge in [0.15, 0.2) is 0 Å². The third kappa shape index (κ3) is 4.09. The van der Waals surface area contributed by atoms with Crippen molar-refractivity contribution < 1.29 is 19.5 Å². The average molecular weight is 429 g/mol. The molecule has 1 aliphatic carbocycles. The molecule has 7 heteroatoms. The summed E-state index contributed by atoms with van der Waals surface area (Å²) in [6.07, 6.45) is 4.96. The molecule has 1 amide bonds. The number of anilines is 2. The highest BCUT2D eigenvalue weighted by atomic mass is 16.4. The molecule has 1 heterocycles. The number of fused-ring (bicyclic) bond motifs is 1. The zero-order valence-corrected chi connectivity index (χ0v) is 17.3. The van der Waals surface area contributed by atoms with Crippen molar-refractivity contribution in [2.75, 3.05) is 4.90 Å². The quantitative estimate of drug-likeness (QED) is 0.441. The highest BCUT2D eigenvalue weighted by Crippen LogP contribution is 2.36. The fraction of sp³-hybridized carbons (Fsp3) is 0.200. The predicted octanol–water partition coefficient (Wildman–Crippen LogP) is 3.15. The molecule has 2 aromatic carbocycles. The molecule has 3 aromatic rings. The van der Waals surface area contributed by atoms with E-state index >= 15 is 0 Å². The maximum Gasteiger partial charge on any atom is 0.377 e. The first-order valence-corrected chi connectivity index (χ1v) is 10.4. The third-order valence-electron chi connectivity index (χ3n) is 5.93. The number of pyridine rings is 1. The predicted molar refractivity (Wildman–Crippen MR) is 120 cm³/mol. The molecular weight excluding hydrogens is 406 g/mol. The average Bonchev–Trinajstić information content (AvgIpc) is 2.82. The van der Waals surface area contributed by atoms with Gasteiger partial charge < -0.3 is 15.7 Å².